The van der Waals surface area contributed by atoms with Gasteiger partial charge in [-0.15, -0.1) is 0 Å². The van der Waals surface area contributed by atoms with Crippen molar-refractivity contribution in [3.05, 3.63) is 70.4 Å². The normalized spacial score (nSPS) is 24.4. The highest BCUT2D eigenvalue weighted by atomic mass is 35.5. The summed E-state index contributed by atoms with van der Waals surface area (Å²) in [6, 6.07) is 5.67. The first-order chi connectivity index (χ1) is 15.5. The first kappa shape index (κ1) is 22.7. The van der Waals surface area contributed by atoms with Crippen molar-refractivity contribution >= 4 is 23.3 Å². The van der Waals surface area contributed by atoms with E-state index in [-0.39, 0.29) is 18.2 Å². The molecular formula is C24H28ClF2N5. The van der Waals surface area contributed by atoms with Crippen molar-refractivity contribution in [3.8, 4) is 0 Å². The van der Waals surface area contributed by atoms with Crippen LogP contribution >= 0.6 is 11.6 Å². The molecule has 1 aromatic carbocycles. The first-order valence-corrected chi connectivity index (χ1v) is 11.4. The SMILES string of the molecule is NCC1CCC(Nc2cc(C3CC=CC(=NCc4cc(F)ccc4F)N3)c(Cl)cn2)CC1. The van der Waals surface area contributed by atoms with Gasteiger partial charge in [-0.25, -0.2) is 13.8 Å². The van der Waals surface area contributed by atoms with Crippen LogP contribution in [0.2, 0.25) is 5.02 Å². The predicted octanol–water partition coefficient (Wildman–Crippen LogP) is 5.13. The number of hydrogen-bond donors (Lipinski definition) is 3. The molecule has 2 heterocycles. The smallest absolute Gasteiger partial charge is 0.128 e. The van der Waals surface area contributed by atoms with Gasteiger partial charge in [0.1, 0.15) is 23.3 Å². The van der Waals surface area contributed by atoms with Crippen LogP contribution in [-0.2, 0) is 6.54 Å². The van der Waals surface area contributed by atoms with E-state index in [1.54, 1.807) is 6.20 Å². The van der Waals surface area contributed by atoms with E-state index in [1.807, 2.05) is 18.2 Å². The molecule has 0 amide bonds. The average molecular weight is 460 g/mol. The molecule has 8 heteroatoms. The van der Waals surface area contributed by atoms with Gasteiger partial charge >= 0.3 is 0 Å². The molecule has 2 aliphatic rings. The molecule has 1 aromatic heterocycles. The number of pyridine rings is 1. The summed E-state index contributed by atoms with van der Waals surface area (Å²) >= 11 is 6.47. The molecule has 0 radical (unpaired) electrons. The maximum absolute atomic E-state index is 13.9. The zero-order chi connectivity index (χ0) is 22.5. The van der Waals surface area contributed by atoms with Crippen molar-refractivity contribution < 1.29 is 8.78 Å². The van der Waals surface area contributed by atoms with Gasteiger partial charge in [-0.2, -0.15) is 0 Å². The van der Waals surface area contributed by atoms with Gasteiger partial charge in [0.15, 0.2) is 0 Å². The summed E-state index contributed by atoms with van der Waals surface area (Å²) in [6.45, 7) is 0.804. The number of hydrogen-bond acceptors (Lipinski definition) is 4. The number of benzene rings is 1. The van der Waals surface area contributed by atoms with Gasteiger partial charge in [0.2, 0.25) is 0 Å². The molecule has 5 nitrogen and oxygen atoms in total. The average Bonchev–Trinajstić information content (AvgIpc) is 2.81. The highest BCUT2D eigenvalue weighted by molar-refractivity contribution is 6.31. The maximum atomic E-state index is 13.9. The Morgan fingerprint density at radius 1 is 1.19 bits per heavy atom. The molecule has 170 valence electrons. The van der Waals surface area contributed by atoms with E-state index in [4.69, 9.17) is 17.3 Å². The van der Waals surface area contributed by atoms with E-state index in [9.17, 15) is 8.78 Å². The highest BCUT2D eigenvalue weighted by Crippen LogP contribution is 2.31. The number of nitrogens with one attached hydrogen (secondary N) is 2. The van der Waals surface area contributed by atoms with Crippen LogP contribution in [-0.4, -0.2) is 23.4 Å². The molecule has 32 heavy (non-hydrogen) atoms. The third kappa shape index (κ3) is 5.64. The summed E-state index contributed by atoms with van der Waals surface area (Å²) in [5, 5.41) is 7.46. The molecular weight excluding hydrogens is 432 g/mol. The van der Waals surface area contributed by atoms with Gasteiger partial charge in [-0.05, 0) is 80.5 Å². The summed E-state index contributed by atoms with van der Waals surface area (Å²) in [4.78, 5) is 8.88. The number of nitrogens with zero attached hydrogens (tertiary/aromatic N) is 2. The number of rotatable bonds is 6. The van der Waals surface area contributed by atoms with Gasteiger partial charge in [0, 0.05) is 17.8 Å². The largest absolute Gasteiger partial charge is 0.367 e. The lowest BCUT2D eigenvalue weighted by Gasteiger charge is -2.29. The molecule has 0 bridgehead atoms. The number of aromatic nitrogens is 1. The fourth-order valence-electron chi connectivity index (χ4n) is 4.29. The third-order valence-electron chi connectivity index (χ3n) is 6.19. The van der Waals surface area contributed by atoms with Crippen LogP contribution in [0, 0.1) is 17.6 Å². The van der Waals surface area contributed by atoms with E-state index in [2.05, 4.69) is 20.6 Å². The summed E-state index contributed by atoms with van der Waals surface area (Å²) in [5.74, 6) is 1.08. The number of amidine groups is 1. The Morgan fingerprint density at radius 2 is 2.00 bits per heavy atom. The number of aliphatic imine (C=N–C) groups is 1. The Kier molecular flexibility index (Phi) is 7.37. The van der Waals surface area contributed by atoms with E-state index >= 15 is 0 Å². The second-order valence-electron chi connectivity index (χ2n) is 8.46. The fraction of sp³-hybridized carbons (Fsp3) is 0.417. The van der Waals surface area contributed by atoms with Crippen LogP contribution < -0.4 is 16.4 Å². The van der Waals surface area contributed by atoms with Crippen LogP contribution in [0.4, 0.5) is 14.6 Å². The van der Waals surface area contributed by atoms with Crippen molar-refractivity contribution in [2.45, 2.75) is 50.7 Å². The van der Waals surface area contributed by atoms with Crippen molar-refractivity contribution in [2.75, 3.05) is 11.9 Å². The second-order valence-corrected chi connectivity index (χ2v) is 8.87. The maximum Gasteiger partial charge on any atom is 0.128 e. The van der Waals surface area contributed by atoms with Gasteiger partial charge < -0.3 is 16.4 Å². The van der Waals surface area contributed by atoms with Gasteiger partial charge in [-0.3, -0.25) is 4.99 Å². The lowest BCUT2D eigenvalue weighted by Crippen LogP contribution is -2.31. The number of halogens is 3. The van der Waals surface area contributed by atoms with E-state index in [0.29, 0.717) is 22.8 Å². The Labute approximate surface area is 192 Å². The Balaban J connectivity index is 1.43. The van der Waals surface area contributed by atoms with Crippen molar-refractivity contribution in [1.29, 1.82) is 0 Å². The third-order valence-corrected chi connectivity index (χ3v) is 6.51. The molecule has 1 aliphatic carbocycles. The monoisotopic (exact) mass is 459 g/mol. The van der Waals surface area contributed by atoms with Crippen molar-refractivity contribution in [1.82, 2.24) is 10.3 Å². The van der Waals surface area contributed by atoms with E-state index in [0.717, 1.165) is 62.2 Å². The molecule has 0 saturated heterocycles. The molecule has 4 rings (SSSR count). The molecule has 4 N–H and O–H groups in total. The quantitative estimate of drug-likeness (QED) is 0.559. The number of anilines is 1. The zero-order valence-electron chi connectivity index (χ0n) is 17.8. The topological polar surface area (TPSA) is 75.3 Å². The fourth-order valence-corrected chi connectivity index (χ4v) is 4.53. The molecule has 1 saturated carbocycles. The first-order valence-electron chi connectivity index (χ1n) is 11.1. The van der Waals surface area contributed by atoms with Gasteiger partial charge in [-0.1, -0.05) is 17.7 Å². The standard InChI is InChI=1S/C24H28ClF2N5/c25-20-14-30-24(31-18-7-4-15(12-28)5-8-18)11-19(20)22-2-1-3-23(32-22)29-13-16-10-17(26)6-9-21(16)27/h1,3,6,9-11,14-15,18,22H,2,4-5,7-8,12-13,28H2,(H,29,32)(H,30,31). The summed E-state index contributed by atoms with van der Waals surface area (Å²) in [7, 11) is 0. The summed E-state index contributed by atoms with van der Waals surface area (Å²) < 4.78 is 27.3. The van der Waals surface area contributed by atoms with Crippen LogP contribution in [0.1, 0.15) is 49.3 Å². The number of nitrogens with two attached hydrogens (primary N) is 1. The zero-order valence-corrected chi connectivity index (χ0v) is 18.6. The minimum Gasteiger partial charge on any atom is -0.367 e. The molecule has 1 unspecified atom stereocenters. The minimum atomic E-state index is -0.480. The molecule has 1 atom stereocenters. The Hall–Kier alpha value is -2.51. The Morgan fingerprint density at radius 3 is 2.78 bits per heavy atom. The van der Waals surface area contributed by atoms with Crippen LogP contribution in [0.3, 0.4) is 0 Å². The van der Waals surface area contributed by atoms with E-state index in [1.165, 1.54) is 6.07 Å². The molecule has 0 spiro atoms. The van der Waals surface area contributed by atoms with Gasteiger partial charge in [0.05, 0.1) is 17.6 Å². The Bertz CT molecular complexity index is 1000. The van der Waals surface area contributed by atoms with Crippen molar-refractivity contribution in [3.63, 3.8) is 0 Å². The van der Waals surface area contributed by atoms with Gasteiger partial charge in [0.25, 0.3) is 0 Å². The van der Waals surface area contributed by atoms with Crippen molar-refractivity contribution in [2.24, 2.45) is 16.6 Å². The molecule has 1 aliphatic heterocycles. The second kappa shape index (κ2) is 10.4. The van der Waals surface area contributed by atoms with Crippen LogP contribution in [0.15, 0.2) is 47.6 Å². The lowest BCUT2D eigenvalue weighted by atomic mass is 9.86. The predicted molar refractivity (Wildman–Crippen MR) is 125 cm³/mol. The summed E-state index contributed by atoms with van der Waals surface area (Å²) in [5.41, 5.74) is 6.94. The van der Waals surface area contributed by atoms with E-state index < -0.39 is 11.6 Å². The molecule has 2 aromatic rings. The lowest BCUT2D eigenvalue weighted by molar-refractivity contribution is 0.344. The summed E-state index contributed by atoms with van der Waals surface area (Å²) in [6.07, 6.45) is 10.7. The molecule has 1 fully saturated rings. The van der Waals surface area contributed by atoms with Crippen LogP contribution in [0.5, 0.6) is 0 Å². The highest BCUT2D eigenvalue weighted by Gasteiger charge is 2.22. The van der Waals surface area contributed by atoms with Crippen LogP contribution in [0.25, 0.3) is 0 Å². The minimum absolute atomic E-state index is 0.0470.